The van der Waals surface area contributed by atoms with Crippen molar-refractivity contribution in [3.63, 3.8) is 0 Å². The van der Waals surface area contributed by atoms with Crippen LogP contribution in [0.4, 0.5) is 0 Å². The molecule has 0 aliphatic rings. The number of hydrogen-bond donors (Lipinski definition) is 7. The Balaban J connectivity index is 0.000000509. The Morgan fingerprint density at radius 2 is 0.680 bits per heavy atom. The van der Waals surface area contributed by atoms with E-state index in [4.69, 9.17) is 78.0 Å². The molecule has 4 rings (SSSR count). The minimum atomic E-state index is -2.01. The molecule has 0 spiro atoms. The summed E-state index contributed by atoms with van der Waals surface area (Å²) < 4.78 is 50.1. The Bertz CT molecular complexity index is 2700. The molecular formula is C48H53BrO26. The quantitative estimate of drug-likeness (QED) is 0.0379. The fraction of sp³-hybridized carbons (Fsp3) is 0.312. The van der Waals surface area contributed by atoms with Gasteiger partial charge in [-0.25, -0.2) is 19.2 Å². The van der Waals surface area contributed by atoms with E-state index in [0.29, 0.717) is 21.7 Å². The summed E-state index contributed by atoms with van der Waals surface area (Å²) in [4.78, 5) is 102. The van der Waals surface area contributed by atoms with Gasteiger partial charge in [-0.1, -0.05) is 0 Å². The van der Waals surface area contributed by atoms with Crippen molar-refractivity contribution in [2.75, 3.05) is 70.1 Å². The molecule has 0 aliphatic carbocycles. The predicted molar refractivity (Wildman–Crippen MR) is 259 cm³/mol. The van der Waals surface area contributed by atoms with Crippen LogP contribution >= 0.6 is 15.9 Å². The highest BCUT2D eigenvalue weighted by atomic mass is 79.9. The van der Waals surface area contributed by atoms with Gasteiger partial charge in [-0.3, -0.25) is 24.0 Å². The Morgan fingerprint density at radius 1 is 0.400 bits per heavy atom. The van der Waals surface area contributed by atoms with Gasteiger partial charge in [0.05, 0.1) is 98.8 Å². The molecule has 0 atom stereocenters. The Morgan fingerprint density at radius 3 is 0.973 bits per heavy atom. The lowest BCUT2D eigenvalue weighted by molar-refractivity contribution is -0.157. The van der Waals surface area contributed by atoms with Gasteiger partial charge in [-0.05, 0) is 95.0 Å². The number of methoxy groups -OCH3 is 8. The van der Waals surface area contributed by atoms with Crippen molar-refractivity contribution in [3.05, 3.63) is 91.9 Å². The van der Waals surface area contributed by atoms with Crippen LogP contribution in [0.5, 0.6) is 46.0 Å². The number of carboxylic acid groups (broad SMARTS) is 7. The van der Waals surface area contributed by atoms with Crippen LogP contribution in [0.15, 0.2) is 53.0 Å². The molecule has 0 unspecified atom stereocenters. The van der Waals surface area contributed by atoms with Gasteiger partial charge in [0, 0.05) is 4.47 Å². The lowest BCUT2D eigenvalue weighted by Gasteiger charge is -2.18. The molecule has 7 N–H and O–H groups in total. The van der Waals surface area contributed by atoms with Gasteiger partial charge in [-0.2, -0.15) is 0 Å². The summed E-state index contributed by atoms with van der Waals surface area (Å²) in [5, 5.41) is 62.9. The van der Waals surface area contributed by atoms with Crippen molar-refractivity contribution in [2.45, 2.75) is 32.1 Å². The van der Waals surface area contributed by atoms with Gasteiger partial charge in [0.2, 0.25) is 0 Å². The van der Waals surface area contributed by atoms with E-state index in [-0.39, 0.29) is 76.2 Å². The molecule has 27 heteroatoms. The average molecular weight is 1130 g/mol. The molecule has 0 fully saturated rings. The Hall–Kier alpha value is -9.01. The fourth-order valence-corrected chi connectivity index (χ4v) is 6.75. The van der Waals surface area contributed by atoms with Crippen molar-refractivity contribution in [3.8, 4) is 46.0 Å². The molecule has 0 radical (unpaired) electrons. The van der Waals surface area contributed by atoms with Crippen LogP contribution in [-0.2, 0) is 39.9 Å². The zero-order valence-electron chi connectivity index (χ0n) is 41.7. The molecular weight excluding hydrogens is 1070 g/mol. The van der Waals surface area contributed by atoms with Gasteiger partial charge in [0.25, 0.3) is 0 Å². The second-order valence-electron chi connectivity index (χ2n) is 14.0. The number of carbonyl (C=O) groups excluding carboxylic acids is 2. The van der Waals surface area contributed by atoms with Gasteiger partial charge in [-0.15, -0.1) is 0 Å². The van der Waals surface area contributed by atoms with E-state index in [9.17, 15) is 48.3 Å². The second kappa shape index (κ2) is 30.8. The summed E-state index contributed by atoms with van der Waals surface area (Å²) >= 11 is 3.14. The van der Waals surface area contributed by atoms with E-state index in [1.165, 1.54) is 87.2 Å². The highest BCUT2D eigenvalue weighted by Gasteiger charge is 2.36. The number of halogens is 1. The molecule has 0 amide bonds. The first-order valence-corrected chi connectivity index (χ1v) is 21.7. The normalized spacial score (nSPS) is 9.99. The molecule has 0 heterocycles. The Labute approximate surface area is 434 Å². The number of esters is 2. The molecule has 0 aliphatic heterocycles. The molecule has 0 aromatic heterocycles. The summed E-state index contributed by atoms with van der Waals surface area (Å²) in [7, 11) is 10.9. The molecule has 26 nitrogen and oxygen atoms in total. The summed E-state index contributed by atoms with van der Waals surface area (Å²) in [5.41, 5.74) is -1.03. The number of ether oxygens (including phenoxy) is 10. The van der Waals surface area contributed by atoms with Crippen LogP contribution in [0.3, 0.4) is 0 Å². The van der Waals surface area contributed by atoms with Crippen LogP contribution < -0.4 is 37.9 Å². The monoisotopic (exact) mass is 1120 g/mol. The third-order valence-corrected chi connectivity index (χ3v) is 10.3. The molecule has 0 saturated carbocycles. The van der Waals surface area contributed by atoms with E-state index >= 15 is 0 Å². The molecule has 4 aromatic rings. The van der Waals surface area contributed by atoms with Crippen molar-refractivity contribution in [2.24, 2.45) is 0 Å². The largest absolute Gasteiger partial charge is 0.493 e. The number of carboxylic acids is 7. The number of aromatic carboxylic acids is 4. The van der Waals surface area contributed by atoms with Crippen LogP contribution in [0.1, 0.15) is 83.8 Å². The van der Waals surface area contributed by atoms with Gasteiger partial charge < -0.3 is 83.1 Å². The molecule has 4 aromatic carbocycles. The molecule has 408 valence electrons. The van der Waals surface area contributed by atoms with E-state index in [2.05, 4.69) is 15.9 Å². The van der Waals surface area contributed by atoms with Crippen LogP contribution in [0.25, 0.3) is 0 Å². The number of rotatable bonds is 22. The van der Waals surface area contributed by atoms with E-state index in [1.54, 1.807) is 19.9 Å². The number of benzene rings is 4. The average Bonchev–Trinajstić information content (AvgIpc) is 3.35. The molecule has 75 heavy (non-hydrogen) atoms. The minimum absolute atomic E-state index is 0.0322. The first kappa shape index (κ1) is 64.0. The van der Waals surface area contributed by atoms with Gasteiger partial charge >= 0.3 is 53.7 Å². The van der Waals surface area contributed by atoms with E-state index in [0.717, 1.165) is 12.1 Å². The summed E-state index contributed by atoms with van der Waals surface area (Å²) in [6.07, 6.45) is -0.387. The van der Waals surface area contributed by atoms with Gasteiger partial charge in [0.15, 0.2) is 57.8 Å². The standard InChI is InChI=1S/C16H20O8.C12H12O8.C11H12O6.C9H9BrO4/c1-5-23-15(19)13(16(20)24-6-2)9-7-11(21-3)12(22-4)8-10(9)14(17)18;1-19-7-3-5(9(11(15)16)12(17)18)6(10(13)14)4-8(7)20-2;1-16-8-3-6(4-10(12)13)7(11(14)15)5-9(8)17-2;1-13-7-3-5(9(11)12)6(10)4-8(7)14-2/h7-8,13H,5-6H2,1-4H3,(H,17,18);3-4,9H,1-2H3,(H,13,14)(H,15,16)(H,17,18);3,5H,4H2,1-2H3,(H,12,13)(H,14,15);3-4H,1-2H3,(H,11,12). The van der Waals surface area contributed by atoms with Crippen molar-refractivity contribution in [1.82, 2.24) is 0 Å². The lowest BCUT2D eigenvalue weighted by Crippen LogP contribution is -2.28. The van der Waals surface area contributed by atoms with Crippen LogP contribution in [0, 0.1) is 0 Å². The molecule has 0 saturated heterocycles. The van der Waals surface area contributed by atoms with E-state index in [1.807, 2.05) is 0 Å². The highest BCUT2D eigenvalue weighted by molar-refractivity contribution is 9.10. The lowest BCUT2D eigenvalue weighted by atomic mass is 9.93. The maximum Gasteiger partial charge on any atom is 0.336 e. The third kappa shape index (κ3) is 17.6. The minimum Gasteiger partial charge on any atom is -0.493 e. The van der Waals surface area contributed by atoms with Crippen molar-refractivity contribution < 1.29 is 126 Å². The summed E-state index contributed by atoms with van der Waals surface area (Å²) in [6.45, 7) is 3.22. The maximum atomic E-state index is 12.2. The van der Waals surface area contributed by atoms with Crippen molar-refractivity contribution in [1.29, 1.82) is 0 Å². The number of carbonyl (C=O) groups is 9. The van der Waals surface area contributed by atoms with Crippen LogP contribution in [0.2, 0.25) is 0 Å². The first-order chi connectivity index (χ1) is 35.3. The highest BCUT2D eigenvalue weighted by Crippen LogP contribution is 2.37. The third-order valence-electron chi connectivity index (χ3n) is 9.62. The Kier molecular flexibility index (Phi) is 26.3. The predicted octanol–water partition coefficient (Wildman–Crippen LogP) is 5.46. The number of aliphatic carboxylic acids is 3. The summed E-state index contributed by atoms with van der Waals surface area (Å²) in [5.74, 6) is -12.9. The maximum absolute atomic E-state index is 12.2. The SMILES string of the molecule is CCOC(=O)C(C(=O)OCC)c1cc(OC)c(OC)cc1C(=O)O.COc1cc(Br)c(C(=O)O)cc1OC.COc1cc(C(=O)O)c(C(C(=O)O)C(=O)O)cc1OC.COc1cc(CC(=O)O)c(C(=O)O)cc1OC. The zero-order chi connectivity index (χ0) is 57.4. The van der Waals surface area contributed by atoms with E-state index < -0.39 is 76.7 Å². The topological polar surface area (TPSA) is 388 Å². The second-order valence-corrected chi connectivity index (χ2v) is 14.8. The first-order valence-electron chi connectivity index (χ1n) is 20.9. The van der Waals surface area contributed by atoms with Gasteiger partial charge in [0.1, 0.15) is 0 Å². The molecule has 0 bridgehead atoms. The van der Waals surface area contributed by atoms with Crippen molar-refractivity contribution >= 4 is 69.7 Å². The smallest absolute Gasteiger partial charge is 0.336 e. The summed E-state index contributed by atoms with van der Waals surface area (Å²) in [6, 6.07) is 10.1. The zero-order valence-corrected chi connectivity index (χ0v) is 43.2. The fourth-order valence-electron chi connectivity index (χ4n) is 6.26. The number of hydrogen-bond acceptors (Lipinski definition) is 19. The van der Waals surface area contributed by atoms with Crippen LogP contribution in [-0.4, -0.2) is 160 Å².